The van der Waals surface area contributed by atoms with E-state index in [2.05, 4.69) is 16.5 Å². The number of hydrogen-bond acceptors (Lipinski definition) is 5. The number of carboxylic acid groups (broad SMARTS) is 1. The molecule has 1 aliphatic carbocycles. The Morgan fingerprint density at radius 3 is 2.45 bits per heavy atom. The molecule has 0 radical (unpaired) electrons. The van der Waals surface area contributed by atoms with Gasteiger partial charge in [0.25, 0.3) is 5.91 Å². The van der Waals surface area contributed by atoms with Crippen molar-refractivity contribution in [1.82, 2.24) is 14.7 Å². The predicted molar refractivity (Wildman–Crippen MR) is 109 cm³/mol. The molecule has 1 aromatic heterocycles. The minimum absolute atomic E-state index is 0.150. The van der Waals surface area contributed by atoms with E-state index in [-0.39, 0.29) is 36.3 Å². The first-order chi connectivity index (χ1) is 14.8. The molecule has 2 aliphatic rings. The molecule has 9 nitrogen and oxygen atoms in total. The maximum absolute atomic E-state index is 13.2. The summed E-state index contributed by atoms with van der Waals surface area (Å²) in [4.78, 5) is 24.8. The second kappa shape index (κ2) is 7.91. The normalized spacial score (nSPS) is 18.8. The van der Waals surface area contributed by atoms with Gasteiger partial charge in [-0.25, -0.2) is 9.18 Å². The molecular formula is C21H23FN6O3. The van der Waals surface area contributed by atoms with E-state index in [1.165, 1.54) is 35.4 Å². The van der Waals surface area contributed by atoms with Crippen LogP contribution in [0.1, 0.15) is 36.0 Å². The number of halogens is 1. The highest BCUT2D eigenvalue weighted by Gasteiger charge is 2.51. The number of benzene rings is 1. The van der Waals surface area contributed by atoms with Crippen molar-refractivity contribution in [3.8, 4) is 6.07 Å². The minimum atomic E-state index is -0.995. The van der Waals surface area contributed by atoms with Gasteiger partial charge in [-0.1, -0.05) is 0 Å². The highest BCUT2D eigenvalue weighted by Crippen LogP contribution is 2.49. The summed E-state index contributed by atoms with van der Waals surface area (Å²) in [6.45, 7) is 0.541. The number of aromatic nitrogens is 2. The number of hydrogen-bond donors (Lipinski definition) is 3. The number of nitrogens with two attached hydrogens (primary N) is 1. The van der Waals surface area contributed by atoms with Crippen molar-refractivity contribution >= 4 is 23.5 Å². The summed E-state index contributed by atoms with van der Waals surface area (Å²) >= 11 is 0. The molecule has 0 spiro atoms. The third-order valence-electron chi connectivity index (χ3n) is 6.25. The van der Waals surface area contributed by atoms with Gasteiger partial charge >= 0.3 is 6.09 Å². The van der Waals surface area contributed by atoms with Crippen LogP contribution in [0.4, 0.5) is 20.7 Å². The summed E-state index contributed by atoms with van der Waals surface area (Å²) in [5.41, 5.74) is 5.52. The highest BCUT2D eigenvalue weighted by atomic mass is 19.1. The van der Waals surface area contributed by atoms with Gasteiger partial charge in [-0.2, -0.15) is 10.4 Å². The Balaban J connectivity index is 1.73. The third kappa shape index (κ3) is 3.91. The molecule has 4 N–H and O–H groups in total. The molecule has 2 fully saturated rings. The molecule has 1 atom stereocenters. The molecule has 2 amide bonds. The van der Waals surface area contributed by atoms with E-state index >= 15 is 0 Å². The molecule has 2 heterocycles. The summed E-state index contributed by atoms with van der Waals surface area (Å²) in [5, 5.41) is 26.9. The summed E-state index contributed by atoms with van der Waals surface area (Å²) in [7, 11) is 0. The fourth-order valence-electron chi connectivity index (χ4n) is 4.41. The van der Waals surface area contributed by atoms with Crippen LogP contribution in [0.25, 0.3) is 0 Å². The molecular weight excluding hydrogens is 403 g/mol. The molecule has 1 aromatic carbocycles. The molecule has 1 unspecified atom stereocenters. The number of nitrogens with zero attached hydrogens (tertiary/aromatic N) is 4. The van der Waals surface area contributed by atoms with Crippen LogP contribution < -0.4 is 11.1 Å². The fraction of sp³-hybridized carbons (Fsp3) is 0.429. The Morgan fingerprint density at radius 1 is 1.29 bits per heavy atom. The molecule has 1 saturated heterocycles. The predicted octanol–water partition coefficient (Wildman–Crippen LogP) is 2.88. The van der Waals surface area contributed by atoms with Gasteiger partial charge < -0.3 is 21.1 Å². The number of amides is 2. The molecule has 1 aliphatic heterocycles. The zero-order chi connectivity index (χ0) is 22.2. The molecule has 0 bridgehead atoms. The average Bonchev–Trinajstić information content (AvgIpc) is 3.48. The van der Waals surface area contributed by atoms with Crippen molar-refractivity contribution in [3.05, 3.63) is 41.8 Å². The Labute approximate surface area is 178 Å². The Morgan fingerprint density at radius 2 is 1.94 bits per heavy atom. The van der Waals surface area contributed by atoms with Gasteiger partial charge in [-0.05, 0) is 55.9 Å². The Bertz CT molecular complexity index is 1030. The zero-order valence-corrected chi connectivity index (χ0v) is 16.8. The number of carbonyl (C=O) groups excluding carboxylic acids is 1. The number of anilines is 2. The van der Waals surface area contributed by atoms with Crippen LogP contribution in [0.15, 0.2) is 30.5 Å². The molecule has 10 heteroatoms. The lowest BCUT2D eigenvalue weighted by Crippen LogP contribution is -2.52. The largest absolute Gasteiger partial charge is 0.465 e. The third-order valence-corrected chi connectivity index (χ3v) is 6.25. The number of piperidine rings is 1. The van der Waals surface area contributed by atoms with Crippen LogP contribution in [0.2, 0.25) is 0 Å². The van der Waals surface area contributed by atoms with E-state index in [0.29, 0.717) is 18.5 Å². The van der Waals surface area contributed by atoms with Crippen molar-refractivity contribution in [3.63, 3.8) is 0 Å². The number of nitriles is 1. The van der Waals surface area contributed by atoms with Crippen molar-refractivity contribution < 1.29 is 19.1 Å². The maximum Gasteiger partial charge on any atom is 0.407 e. The van der Waals surface area contributed by atoms with Crippen LogP contribution >= 0.6 is 0 Å². The Kier molecular flexibility index (Phi) is 5.27. The molecule has 4 rings (SSSR count). The number of primary amides is 1. The minimum Gasteiger partial charge on any atom is -0.465 e. The lowest BCUT2D eigenvalue weighted by Gasteiger charge is -2.44. The van der Waals surface area contributed by atoms with E-state index in [9.17, 15) is 24.3 Å². The lowest BCUT2D eigenvalue weighted by molar-refractivity contribution is 0.0568. The lowest BCUT2D eigenvalue weighted by atomic mass is 9.74. The second-order valence-corrected chi connectivity index (χ2v) is 8.15. The Hall–Kier alpha value is -3.61. The summed E-state index contributed by atoms with van der Waals surface area (Å²) in [6, 6.07) is 8.02. The summed E-state index contributed by atoms with van der Waals surface area (Å²) in [5.74, 6) is -1.00. The van der Waals surface area contributed by atoms with Crippen LogP contribution in [-0.4, -0.2) is 44.9 Å². The average molecular weight is 426 g/mol. The second-order valence-electron chi connectivity index (χ2n) is 8.15. The van der Waals surface area contributed by atoms with Gasteiger partial charge in [0.2, 0.25) is 0 Å². The molecule has 162 valence electrons. The van der Waals surface area contributed by atoms with Crippen LogP contribution in [-0.2, 0) is 5.54 Å². The van der Waals surface area contributed by atoms with E-state index in [1.807, 2.05) is 0 Å². The topological polar surface area (TPSA) is 137 Å². The molecule has 31 heavy (non-hydrogen) atoms. The molecule has 1 saturated carbocycles. The van der Waals surface area contributed by atoms with E-state index < -0.39 is 23.4 Å². The van der Waals surface area contributed by atoms with Crippen molar-refractivity contribution in [2.75, 3.05) is 18.4 Å². The van der Waals surface area contributed by atoms with Crippen molar-refractivity contribution in [2.45, 2.75) is 31.2 Å². The van der Waals surface area contributed by atoms with Gasteiger partial charge in [0.05, 0.1) is 17.5 Å². The monoisotopic (exact) mass is 426 g/mol. The number of rotatable bonds is 6. The quantitative estimate of drug-likeness (QED) is 0.649. The first-order valence-corrected chi connectivity index (χ1v) is 10.1. The fourth-order valence-corrected chi connectivity index (χ4v) is 4.41. The summed E-state index contributed by atoms with van der Waals surface area (Å²) in [6.07, 6.45) is 3.23. The highest BCUT2D eigenvalue weighted by molar-refractivity contribution is 5.98. The zero-order valence-electron chi connectivity index (χ0n) is 16.8. The maximum atomic E-state index is 13.2. The molecule has 2 aromatic rings. The van der Waals surface area contributed by atoms with Gasteiger partial charge in [0.1, 0.15) is 11.4 Å². The first-order valence-electron chi connectivity index (χ1n) is 10.1. The summed E-state index contributed by atoms with van der Waals surface area (Å²) < 4.78 is 14.9. The van der Waals surface area contributed by atoms with Gasteiger partial charge in [0, 0.05) is 25.0 Å². The van der Waals surface area contributed by atoms with E-state index in [0.717, 1.165) is 12.8 Å². The first kappa shape index (κ1) is 20.7. The SMILES string of the molecule is N#CC(C1CC1)C1(n2cc(C(N)=O)c(Nc3ccc(F)cc3)n2)CCN(C(=O)O)CC1. The standard InChI is InChI=1S/C21H23FN6O3/c22-14-3-5-15(6-4-14)25-19-16(18(24)29)12-28(26-19)21(17(11-23)13-1-2-13)7-9-27(10-8-21)20(30)31/h3-6,12-13,17H,1-2,7-10H2,(H2,24,29)(H,25,26)(H,30,31). The van der Waals surface area contributed by atoms with Crippen LogP contribution in [0, 0.1) is 29.0 Å². The van der Waals surface area contributed by atoms with Crippen LogP contribution in [0.3, 0.4) is 0 Å². The van der Waals surface area contributed by atoms with Crippen molar-refractivity contribution in [1.29, 1.82) is 5.26 Å². The van der Waals surface area contributed by atoms with Gasteiger partial charge in [0.15, 0.2) is 5.82 Å². The van der Waals surface area contributed by atoms with Gasteiger partial charge in [-0.15, -0.1) is 0 Å². The smallest absolute Gasteiger partial charge is 0.407 e. The van der Waals surface area contributed by atoms with Crippen molar-refractivity contribution in [2.24, 2.45) is 17.6 Å². The number of nitrogens with one attached hydrogen (secondary N) is 1. The van der Waals surface area contributed by atoms with E-state index in [4.69, 9.17) is 5.73 Å². The number of likely N-dealkylation sites (tertiary alicyclic amines) is 1. The number of carbonyl (C=O) groups is 2. The van der Waals surface area contributed by atoms with Crippen LogP contribution in [0.5, 0.6) is 0 Å². The van der Waals surface area contributed by atoms with Gasteiger partial charge in [-0.3, -0.25) is 9.48 Å². The van der Waals surface area contributed by atoms with E-state index in [1.54, 1.807) is 4.68 Å².